The van der Waals surface area contributed by atoms with E-state index in [0.717, 1.165) is 16.5 Å². The Morgan fingerprint density at radius 3 is 2.52 bits per heavy atom. The summed E-state index contributed by atoms with van der Waals surface area (Å²) >= 11 is 1.56. The third-order valence-electron chi connectivity index (χ3n) is 4.36. The number of carbonyl (C=O) groups excluding carboxylic acids is 2. The van der Waals surface area contributed by atoms with Gasteiger partial charge >= 0.3 is 0 Å². The third-order valence-corrected chi connectivity index (χ3v) is 6.51. The lowest BCUT2D eigenvalue weighted by Crippen LogP contribution is -2.52. The molecule has 0 aliphatic carbocycles. The first-order valence-corrected chi connectivity index (χ1v) is 10.5. The summed E-state index contributed by atoms with van der Waals surface area (Å²) in [6.45, 7) is 1.14. The molecule has 0 atom stereocenters. The van der Waals surface area contributed by atoms with Gasteiger partial charge < -0.3 is 14.8 Å². The minimum absolute atomic E-state index is 0.101. The lowest BCUT2D eigenvalue weighted by molar-refractivity contribution is -0.131. The van der Waals surface area contributed by atoms with Gasteiger partial charge in [-0.1, -0.05) is 0 Å². The maximum absolute atomic E-state index is 12.3. The van der Waals surface area contributed by atoms with Crippen LogP contribution in [0.25, 0.3) is 10.2 Å². The summed E-state index contributed by atoms with van der Waals surface area (Å²) in [6, 6.07) is 3.76. The first-order valence-electron chi connectivity index (χ1n) is 7.81. The highest BCUT2D eigenvalue weighted by atomic mass is 32.2. The van der Waals surface area contributed by atoms with Gasteiger partial charge in [0.25, 0.3) is 5.91 Å². The van der Waals surface area contributed by atoms with E-state index in [9.17, 15) is 18.0 Å². The lowest BCUT2D eigenvalue weighted by atomic mass is 10.3. The Morgan fingerprint density at radius 1 is 1.24 bits per heavy atom. The van der Waals surface area contributed by atoms with Crippen molar-refractivity contribution in [2.45, 2.75) is 0 Å². The highest BCUT2D eigenvalue weighted by Gasteiger charge is 2.26. The summed E-state index contributed by atoms with van der Waals surface area (Å²) < 4.78 is 27.1. The number of hydrogen-bond acceptors (Lipinski definition) is 5. The van der Waals surface area contributed by atoms with Crippen molar-refractivity contribution in [3.63, 3.8) is 0 Å². The molecule has 2 aromatic heterocycles. The zero-order chi connectivity index (χ0) is 18.2. The Hall–Kier alpha value is -1.91. The van der Waals surface area contributed by atoms with Crippen molar-refractivity contribution >= 4 is 43.4 Å². The number of hydrogen-bond donors (Lipinski definition) is 1. The van der Waals surface area contributed by atoms with E-state index >= 15 is 0 Å². The highest BCUT2D eigenvalue weighted by Crippen LogP contribution is 2.23. The first kappa shape index (κ1) is 17.9. The van der Waals surface area contributed by atoms with Crippen molar-refractivity contribution in [2.24, 2.45) is 7.05 Å². The van der Waals surface area contributed by atoms with Gasteiger partial charge in [-0.3, -0.25) is 9.59 Å². The Kier molecular flexibility index (Phi) is 4.85. The second-order valence-electron chi connectivity index (χ2n) is 5.98. The number of fused-ring (bicyclic) bond motifs is 1. The van der Waals surface area contributed by atoms with Crippen LogP contribution in [0.15, 0.2) is 17.5 Å². The summed E-state index contributed by atoms with van der Waals surface area (Å²) in [4.78, 5) is 26.1. The molecule has 0 unspecified atom stereocenters. The molecular weight excluding hydrogens is 364 g/mol. The van der Waals surface area contributed by atoms with Crippen LogP contribution >= 0.6 is 11.3 Å². The average molecular weight is 384 g/mol. The Morgan fingerprint density at radius 2 is 1.92 bits per heavy atom. The number of rotatable bonds is 4. The number of aromatic nitrogens is 1. The molecule has 1 aliphatic rings. The third kappa shape index (κ3) is 3.70. The van der Waals surface area contributed by atoms with Gasteiger partial charge in [-0.05, 0) is 17.5 Å². The fourth-order valence-electron chi connectivity index (χ4n) is 2.90. The van der Waals surface area contributed by atoms with Crippen molar-refractivity contribution in [3.8, 4) is 0 Å². The van der Waals surface area contributed by atoms with Gasteiger partial charge in [-0.15, -0.1) is 11.3 Å². The number of nitrogens with one attached hydrogen (secondary N) is 1. The number of thiophene rings is 1. The SMILES string of the molecule is Cn1c(C(=O)NCC(=O)N2CCN(S(C)(=O)=O)CC2)cc2sccc21. The maximum Gasteiger partial charge on any atom is 0.268 e. The number of sulfonamides is 1. The number of carbonyl (C=O) groups is 2. The summed E-state index contributed by atoms with van der Waals surface area (Å²) in [6.07, 6.45) is 1.16. The van der Waals surface area contributed by atoms with E-state index in [4.69, 9.17) is 0 Å². The van der Waals surface area contributed by atoms with E-state index in [1.165, 1.54) is 4.31 Å². The topological polar surface area (TPSA) is 91.7 Å². The monoisotopic (exact) mass is 384 g/mol. The number of amides is 2. The molecular formula is C15H20N4O4S2. The quantitative estimate of drug-likeness (QED) is 0.808. The molecule has 1 aliphatic heterocycles. The Labute approximate surface area is 150 Å². The Bertz CT molecular complexity index is 907. The molecule has 3 rings (SSSR count). The van der Waals surface area contributed by atoms with Crippen molar-refractivity contribution in [3.05, 3.63) is 23.2 Å². The van der Waals surface area contributed by atoms with Crippen molar-refractivity contribution in [2.75, 3.05) is 39.0 Å². The van der Waals surface area contributed by atoms with Crippen LogP contribution in [0.1, 0.15) is 10.5 Å². The second-order valence-corrected chi connectivity index (χ2v) is 8.91. The van der Waals surface area contributed by atoms with E-state index in [2.05, 4.69) is 5.32 Å². The van der Waals surface area contributed by atoms with Gasteiger partial charge in [0.05, 0.1) is 23.0 Å². The molecule has 10 heteroatoms. The van der Waals surface area contributed by atoms with Gasteiger partial charge in [0.15, 0.2) is 0 Å². The van der Waals surface area contributed by atoms with E-state index in [1.807, 2.05) is 24.6 Å². The van der Waals surface area contributed by atoms with Gasteiger partial charge in [-0.25, -0.2) is 8.42 Å². The lowest BCUT2D eigenvalue weighted by Gasteiger charge is -2.33. The molecule has 1 fully saturated rings. The molecule has 136 valence electrons. The molecule has 0 bridgehead atoms. The summed E-state index contributed by atoms with van der Waals surface area (Å²) in [5, 5.41) is 4.62. The molecule has 0 radical (unpaired) electrons. The number of aryl methyl sites for hydroxylation is 1. The number of piperazine rings is 1. The van der Waals surface area contributed by atoms with Crippen LogP contribution in [0.3, 0.4) is 0 Å². The summed E-state index contributed by atoms with van der Waals surface area (Å²) in [7, 11) is -1.41. The van der Waals surface area contributed by atoms with E-state index in [1.54, 1.807) is 20.8 Å². The van der Waals surface area contributed by atoms with Crippen LogP contribution in [-0.4, -0.2) is 73.0 Å². The zero-order valence-corrected chi connectivity index (χ0v) is 15.7. The maximum atomic E-state index is 12.3. The molecule has 1 N–H and O–H groups in total. The molecule has 3 heterocycles. The molecule has 0 spiro atoms. The average Bonchev–Trinajstić information content (AvgIpc) is 3.15. The predicted octanol–water partition coefficient (Wildman–Crippen LogP) is 0.0734. The van der Waals surface area contributed by atoms with E-state index in [0.29, 0.717) is 18.8 Å². The minimum atomic E-state index is -3.22. The molecule has 1 saturated heterocycles. The minimum Gasteiger partial charge on any atom is -0.342 e. The molecule has 8 nitrogen and oxygen atoms in total. The van der Waals surface area contributed by atoms with E-state index in [-0.39, 0.29) is 31.4 Å². The molecule has 25 heavy (non-hydrogen) atoms. The van der Waals surface area contributed by atoms with Crippen molar-refractivity contribution in [1.82, 2.24) is 19.1 Å². The fraction of sp³-hybridized carbons (Fsp3) is 0.467. The van der Waals surface area contributed by atoms with E-state index < -0.39 is 10.0 Å². The standard InChI is InChI=1S/C15H20N4O4S2/c1-17-11-3-8-24-13(11)9-12(17)15(21)16-10-14(20)18-4-6-19(7-5-18)25(2,22)23/h3,8-9H,4-7,10H2,1-2H3,(H,16,21). The van der Waals surface area contributed by atoms with Crippen LogP contribution in [0.5, 0.6) is 0 Å². The smallest absolute Gasteiger partial charge is 0.268 e. The summed E-state index contributed by atoms with van der Waals surface area (Å²) in [5.74, 6) is -0.508. The predicted molar refractivity (Wildman–Crippen MR) is 96.1 cm³/mol. The van der Waals surface area contributed by atoms with Gasteiger partial charge in [0.2, 0.25) is 15.9 Å². The molecule has 0 aromatic carbocycles. The highest BCUT2D eigenvalue weighted by molar-refractivity contribution is 7.88. The molecule has 2 aromatic rings. The summed E-state index contributed by atoms with van der Waals surface area (Å²) in [5.41, 5.74) is 1.50. The fourth-order valence-corrected chi connectivity index (χ4v) is 4.57. The Balaban J connectivity index is 1.55. The van der Waals surface area contributed by atoms with Crippen LogP contribution in [-0.2, 0) is 21.9 Å². The van der Waals surface area contributed by atoms with Crippen LogP contribution in [0.2, 0.25) is 0 Å². The molecule has 2 amide bonds. The van der Waals surface area contributed by atoms with Crippen LogP contribution < -0.4 is 5.32 Å². The first-order chi connectivity index (χ1) is 11.8. The van der Waals surface area contributed by atoms with Crippen LogP contribution in [0.4, 0.5) is 0 Å². The van der Waals surface area contributed by atoms with Gasteiger partial charge in [0, 0.05) is 33.2 Å². The zero-order valence-electron chi connectivity index (χ0n) is 14.1. The molecule has 0 saturated carbocycles. The normalized spacial score (nSPS) is 16.3. The van der Waals surface area contributed by atoms with Gasteiger partial charge in [-0.2, -0.15) is 4.31 Å². The van der Waals surface area contributed by atoms with Gasteiger partial charge in [0.1, 0.15) is 5.69 Å². The van der Waals surface area contributed by atoms with Crippen molar-refractivity contribution < 1.29 is 18.0 Å². The van der Waals surface area contributed by atoms with Crippen LogP contribution in [0, 0.1) is 0 Å². The second kappa shape index (κ2) is 6.77. The van der Waals surface area contributed by atoms with Crippen molar-refractivity contribution in [1.29, 1.82) is 0 Å². The largest absolute Gasteiger partial charge is 0.342 e. The number of nitrogens with zero attached hydrogens (tertiary/aromatic N) is 3.